The average molecular weight is 386 g/mol. The first kappa shape index (κ1) is 18.4. The van der Waals surface area contributed by atoms with Crippen molar-refractivity contribution in [3.05, 3.63) is 40.9 Å². The van der Waals surface area contributed by atoms with Gasteiger partial charge >= 0.3 is 5.97 Å². The van der Waals surface area contributed by atoms with Crippen LogP contribution >= 0.6 is 11.6 Å². The summed E-state index contributed by atoms with van der Waals surface area (Å²) in [4.78, 5) is 21.9. The lowest BCUT2D eigenvalue weighted by Gasteiger charge is -2.33. The Bertz CT molecular complexity index is 821. The van der Waals surface area contributed by atoms with Crippen molar-refractivity contribution in [3.63, 3.8) is 0 Å². The van der Waals surface area contributed by atoms with E-state index in [0.29, 0.717) is 5.56 Å². The fraction of sp³-hybridized carbons (Fsp3) is 0.353. The summed E-state index contributed by atoms with van der Waals surface area (Å²) >= 11 is 6.05. The minimum Gasteiger partial charge on any atom is -0.464 e. The van der Waals surface area contributed by atoms with Crippen LogP contribution in [0.5, 0.6) is 0 Å². The molecule has 0 aliphatic carbocycles. The van der Waals surface area contributed by atoms with E-state index in [-0.39, 0.29) is 48.3 Å². The number of piperidine rings is 1. The fourth-order valence-corrected chi connectivity index (χ4v) is 2.90. The highest BCUT2D eigenvalue weighted by molar-refractivity contribution is 6.32. The Labute approximate surface area is 152 Å². The van der Waals surface area contributed by atoms with Gasteiger partial charge in [0.25, 0.3) is 5.92 Å². The van der Waals surface area contributed by atoms with Crippen molar-refractivity contribution in [1.82, 2.24) is 9.97 Å². The minimum atomic E-state index is -2.73. The number of rotatable bonds is 3. The average Bonchev–Trinajstić information content (AvgIpc) is 2.62. The first-order valence-corrected chi connectivity index (χ1v) is 8.23. The van der Waals surface area contributed by atoms with Crippen LogP contribution in [-0.2, 0) is 4.74 Å². The van der Waals surface area contributed by atoms with E-state index in [1.54, 1.807) is 4.90 Å². The van der Waals surface area contributed by atoms with Crippen LogP contribution in [0.4, 0.5) is 19.0 Å². The van der Waals surface area contributed by atoms with Crippen LogP contribution in [0.25, 0.3) is 11.3 Å². The van der Waals surface area contributed by atoms with Gasteiger partial charge in [-0.05, 0) is 24.3 Å². The van der Waals surface area contributed by atoms with Crippen molar-refractivity contribution < 1.29 is 22.7 Å². The molecular weight excluding hydrogens is 371 g/mol. The normalized spacial score (nSPS) is 16.4. The SMILES string of the molecule is COC(=O)c1nc(-c2ccc(F)cc2)c(N2CCC(F)(F)CC2)nc1Cl. The van der Waals surface area contributed by atoms with Crippen LogP contribution in [0.3, 0.4) is 0 Å². The molecule has 1 fully saturated rings. The van der Waals surface area contributed by atoms with E-state index in [1.807, 2.05) is 0 Å². The summed E-state index contributed by atoms with van der Waals surface area (Å²) < 4.78 is 44.8. The van der Waals surface area contributed by atoms with Gasteiger partial charge < -0.3 is 9.64 Å². The highest BCUT2D eigenvalue weighted by Crippen LogP contribution is 2.35. The van der Waals surface area contributed by atoms with Crippen molar-refractivity contribution in [3.8, 4) is 11.3 Å². The Balaban J connectivity index is 2.09. The number of methoxy groups -OCH3 is 1. The summed E-state index contributed by atoms with van der Waals surface area (Å²) in [6, 6.07) is 5.40. The van der Waals surface area contributed by atoms with Gasteiger partial charge in [-0.15, -0.1) is 0 Å². The summed E-state index contributed by atoms with van der Waals surface area (Å²) in [6.45, 7) is 0.119. The third-order valence-electron chi connectivity index (χ3n) is 4.13. The van der Waals surface area contributed by atoms with E-state index >= 15 is 0 Å². The van der Waals surface area contributed by atoms with Crippen LogP contribution in [0, 0.1) is 5.82 Å². The molecule has 5 nitrogen and oxygen atoms in total. The van der Waals surface area contributed by atoms with Gasteiger partial charge in [-0.25, -0.2) is 27.9 Å². The molecule has 1 saturated heterocycles. The van der Waals surface area contributed by atoms with Crippen molar-refractivity contribution in [1.29, 1.82) is 0 Å². The zero-order chi connectivity index (χ0) is 18.9. The van der Waals surface area contributed by atoms with Gasteiger partial charge in [-0.2, -0.15) is 0 Å². The lowest BCUT2D eigenvalue weighted by molar-refractivity contribution is -0.0221. The Morgan fingerprint density at radius 3 is 2.38 bits per heavy atom. The second kappa shape index (κ2) is 7.11. The van der Waals surface area contributed by atoms with Gasteiger partial charge in [0, 0.05) is 31.5 Å². The number of carbonyl (C=O) groups excluding carboxylic acids is 1. The molecule has 1 aromatic heterocycles. The van der Waals surface area contributed by atoms with Gasteiger partial charge in [0.1, 0.15) is 11.5 Å². The molecule has 0 bridgehead atoms. The number of hydrogen-bond donors (Lipinski definition) is 0. The fourth-order valence-electron chi connectivity index (χ4n) is 2.70. The minimum absolute atomic E-state index is 0.0593. The molecule has 1 aliphatic rings. The summed E-state index contributed by atoms with van der Waals surface area (Å²) in [5.41, 5.74) is 0.535. The topological polar surface area (TPSA) is 55.3 Å². The molecule has 26 heavy (non-hydrogen) atoms. The number of halogens is 4. The second-order valence-electron chi connectivity index (χ2n) is 5.88. The van der Waals surface area contributed by atoms with Gasteiger partial charge in [0.2, 0.25) is 0 Å². The Hall–Kier alpha value is -2.35. The van der Waals surface area contributed by atoms with E-state index < -0.39 is 17.7 Å². The van der Waals surface area contributed by atoms with E-state index in [1.165, 1.54) is 31.4 Å². The third kappa shape index (κ3) is 3.75. The molecule has 1 aromatic carbocycles. The lowest BCUT2D eigenvalue weighted by atomic mass is 10.1. The molecule has 0 N–H and O–H groups in total. The molecule has 9 heteroatoms. The number of carbonyl (C=O) groups is 1. The molecule has 138 valence electrons. The highest BCUT2D eigenvalue weighted by atomic mass is 35.5. The molecule has 1 aliphatic heterocycles. The largest absolute Gasteiger partial charge is 0.464 e. The standard InChI is InChI=1S/C17H15ClF3N3O2/c1-26-16(25)13-14(18)23-15(24-8-6-17(20,21)7-9-24)12(22-13)10-2-4-11(19)5-3-10/h2-5H,6-9H2,1H3. The smallest absolute Gasteiger partial charge is 0.359 e. The Kier molecular flexibility index (Phi) is 5.04. The van der Waals surface area contributed by atoms with Crippen LogP contribution < -0.4 is 4.90 Å². The molecule has 2 aromatic rings. The highest BCUT2D eigenvalue weighted by Gasteiger charge is 2.35. The maximum absolute atomic E-state index is 13.5. The molecule has 0 amide bonds. The van der Waals surface area contributed by atoms with Crippen LogP contribution in [0.15, 0.2) is 24.3 Å². The van der Waals surface area contributed by atoms with E-state index in [4.69, 9.17) is 11.6 Å². The number of aromatic nitrogens is 2. The maximum atomic E-state index is 13.5. The molecule has 0 radical (unpaired) electrons. The van der Waals surface area contributed by atoms with Crippen molar-refractivity contribution in [2.75, 3.05) is 25.1 Å². The molecule has 0 atom stereocenters. The number of nitrogens with zero attached hydrogens (tertiary/aromatic N) is 3. The molecule has 0 spiro atoms. The zero-order valence-corrected chi connectivity index (χ0v) is 14.6. The number of anilines is 1. The van der Waals surface area contributed by atoms with Crippen molar-refractivity contribution >= 4 is 23.4 Å². The first-order valence-electron chi connectivity index (χ1n) is 7.85. The first-order chi connectivity index (χ1) is 12.3. The number of ether oxygens (including phenoxy) is 1. The molecule has 3 rings (SSSR count). The number of benzene rings is 1. The van der Waals surface area contributed by atoms with Crippen molar-refractivity contribution in [2.24, 2.45) is 0 Å². The Morgan fingerprint density at radius 2 is 1.81 bits per heavy atom. The second-order valence-corrected chi connectivity index (χ2v) is 6.23. The molecule has 0 unspecified atom stereocenters. The predicted octanol–water partition coefficient (Wildman–Crippen LogP) is 3.96. The third-order valence-corrected chi connectivity index (χ3v) is 4.39. The summed E-state index contributed by atoms with van der Waals surface area (Å²) in [5.74, 6) is -3.68. The number of alkyl halides is 2. The monoisotopic (exact) mass is 385 g/mol. The van der Waals surface area contributed by atoms with Crippen LogP contribution in [0.2, 0.25) is 5.15 Å². The van der Waals surface area contributed by atoms with Gasteiger partial charge in [0.05, 0.1) is 7.11 Å². The van der Waals surface area contributed by atoms with Crippen LogP contribution in [0.1, 0.15) is 23.3 Å². The summed E-state index contributed by atoms with van der Waals surface area (Å²) in [5, 5.41) is -0.185. The quantitative estimate of drug-likeness (QED) is 0.749. The summed E-state index contributed by atoms with van der Waals surface area (Å²) in [7, 11) is 1.18. The van der Waals surface area contributed by atoms with E-state index in [9.17, 15) is 18.0 Å². The van der Waals surface area contributed by atoms with E-state index in [2.05, 4.69) is 14.7 Å². The van der Waals surface area contributed by atoms with Gasteiger partial charge in [-0.3, -0.25) is 0 Å². The molecule has 2 heterocycles. The molecular formula is C17H15ClF3N3O2. The number of hydrogen-bond acceptors (Lipinski definition) is 5. The van der Waals surface area contributed by atoms with E-state index in [0.717, 1.165) is 0 Å². The Morgan fingerprint density at radius 1 is 1.19 bits per heavy atom. The predicted molar refractivity (Wildman–Crippen MR) is 90.2 cm³/mol. The maximum Gasteiger partial charge on any atom is 0.359 e. The van der Waals surface area contributed by atoms with Gasteiger partial charge in [0.15, 0.2) is 16.7 Å². The molecule has 0 saturated carbocycles. The summed E-state index contributed by atoms with van der Waals surface area (Å²) in [6.07, 6.45) is -0.651. The zero-order valence-electron chi connectivity index (χ0n) is 13.8. The number of esters is 1. The van der Waals surface area contributed by atoms with Gasteiger partial charge in [-0.1, -0.05) is 11.6 Å². The van der Waals surface area contributed by atoms with Crippen molar-refractivity contribution in [2.45, 2.75) is 18.8 Å². The lowest BCUT2D eigenvalue weighted by Crippen LogP contribution is -2.40. The van der Waals surface area contributed by atoms with Crippen LogP contribution in [-0.4, -0.2) is 42.1 Å².